The molecule has 90 valence electrons. The molecule has 0 aromatic rings. The van der Waals surface area contributed by atoms with E-state index in [1.54, 1.807) is 6.08 Å². The van der Waals surface area contributed by atoms with Crippen LogP contribution in [0.2, 0.25) is 0 Å². The van der Waals surface area contributed by atoms with E-state index in [4.69, 9.17) is 4.74 Å². The molecule has 0 aromatic heterocycles. The summed E-state index contributed by atoms with van der Waals surface area (Å²) in [5.74, 6) is -0.135. The van der Waals surface area contributed by atoms with E-state index in [0.29, 0.717) is 12.1 Å². The lowest BCUT2D eigenvalue weighted by atomic mass is 9.80. The normalized spacial score (nSPS) is 50.6. The van der Waals surface area contributed by atoms with Crippen LogP contribution >= 0.6 is 0 Å². The molecule has 2 bridgehead atoms. The molecule has 2 saturated heterocycles. The molecule has 0 radical (unpaired) electrons. The predicted molar refractivity (Wildman–Crippen MR) is 63.1 cm³/mol. The van der Waals surface area contributed by atoms with E-state index in [1.165, 1.54) is 25.8 Å². The lowest BCUT2D eigenvalue weighted by Gasteiger charge is -2.44. The Bertz CT molecular complexity index is 467. The van der Waals surface area contributed by atoms with Gasteiger partial charge in [-0.3, -0.25) is 0 Å². The molecule has 3 heterocycles. The van der Waals surface area contributed by atoms with Crippen molar-refractivity contribution >= 4 is 5.97 Å². The van der Waals surface area contributed by atoms with Crippen LogP contribution in [0.1, 0.15) is 25.7 Å². The Morgan fingerprint density at radius 3 is 3.24 bits per heavy atom. The van der Waals surface area contributed by atoms with Crippen molar-refractivity contribution in [2.75, 3.05) is 13.6 Å². The van der Waals surface area contributed by atoms with Gasteiger partial charge in [-0.2, -0.15) is 0 Å². The zero-order valence-corrected chi connectivity index (χ0v) is 10.2. The van der Waals surface area contributed by atoms with E-state index in [0.717, 1.165) is 16.5 Å². The summed E-state index contributed by atoms with van der Waals surface area (Å²) in [6.07, 6.45) is 10.9. The highest BCUT2D eigenvalue weighted by Crippen LogP contribution is 2.54. The van der Waals surface area contributed by atoms with Gasteiger partial charge < -0.3 is 9.22 Å². The first-order valence-electron chi connectivity index (χ1n) is 6.63. The average Bonchev–Trinajstić information content (AvgIpc) is 2.73. The molecule has 0 saturated carbocycles. The van der Waals surface area contributed by atoms with Gasteiger partial charge in [-0.25, -0.2) is 4.79 Å². The number of carbonyl (C=O) groups excluding carboxylic acids is 1. The Morgan fingerprint density at radius 2 is 2.35 bits per heavy atom. The van der Waals surface area contributed by atoms with Crippen molar-refractivity contribution < 1.29 is 14.0 Å². The van der Waals surface area contributed by atoms with Gasteiger partial charge in [-0.15, -0.1) is 0 Å². The van der Waals surface area contributed by atoms with E-state index in [2.05, 4.69) is 19.2 Å². The van der Waals surface area contributed by atoms with Crippen LogP contribution in [0.3, 0.4) is 0 Å². The minimum atomic E-state index is -0.272. The summed E-state index contributed by atoms with van der Waals surface area (Å²) >= 11 is 0. The standard InChI is InChI=1S/C14H18NO2/c1-15-7-3-2-4-12(15)14-9-11(15)6-5-10(14)8-13(16)17-14/h5-6,8,11-12H,2-4,7,9H2,1H3/q+1/t11-,12?,14+,15?/m1/s1. The zero-order chi connectivity index (χ0) is 11.7. The number of nitrogens with zero attached hydrogens (tertiary/aromatic N) is 1. The van der Waals surface area contributed by atoms with Crippen molar-refractivity contribution in [2.45, 2.75) is 43.4 Å². The van der Waals surface area contributed by atoms with Crippen LogP contribution in [0, 0.1) is 0 Å². The summed E-state index contributed by atoms with van der Waals surface area (Å²) in [6.45, 7) is 1.23. The fourth-order valence-corrected chi connectivity index (χ4v) is 4.61. The van der Waals surface area contributed by atoms with Crippen LogP contribution in [0.5, 0.6) is 0 Å². The van der Waals surface area contributed by atoms with Crippen molar-refractivity contribution in [2.24, 2.45) is 0 Å². The molecule has 0 amide bonds. The monoisotopic (exact) mass is 232 g/mol. The third-order valence-corrected chi connectivity index (χ3v) is 5.43. The quantitative estimate of drug-likeness (QED) is 0.468. The maximum absolute atomic E-state index is 11.6. The summed E-state index contributed by atoms with van der Waals surface area (Å²) in [7, 11) is 2.35. The highest BCUT2D eigenvalue weighted by molar-refractivity contribution is 5.88. The molecule has 3 aliphatic heterocycles. The van der Waals surface area contributed by atoms with Crippen molar-refractivity contribution in [1.82, 2.24) is 0 Å². The minimum absolute atomic E-state index is 0.135. The molecule has 17 heavy (non-hydrogen) atoms. The van der Waals surface area contributed by atoms with E-state index in [9.17, 15) is 4.79 Å². The van der Waals surface area contributed by atoms with Crippen LogP contribution in [-0.2, 0) is 9.53 Å². The highest BCUT2D eigenvalue weighted by atomic mass is 16.6. The van der Waals surface area contributed by atoms with Gasteiger partial charge >= 0.3 is 5.97 Å². The third kappa shape index (κ3) is 0.998. The minimum Gasteiger partial charge on any atom is -0.444 e. The molecule has 4 rings (SSSR count). The Morgan fingerprint density at radius 1 is 1.47 bits per heavy atom. The smallest absolute Gasteiger partial charge is 0.332 e. The van der Waals surface area contributed by atoms with Crippen LogP contribution < -0.4 is 0 Å². The second kappa shape index (κ2) is 2.83. The van der Waals surface area contributed by atoms with Crippen LogP contribution in [-0.4, -0.2) is 41.7 Å². The molecule has 1 aliphatic carbocycles. The van der Waals surface area contributed by atoms with E-state index >= 15 is 0 Å². The maximum atomic E-state index is 11.6. The number of likely N-dealkylation sites (N-methyl/N-ethyl adjacent to an activating group) is 1. The maximum Gasteiger partial charge on any atom is 0.332 e. The van der Waals surface area contributed by atoms with Gasteiger partial charge in [0, 0.05) is 18.1 Å². The molecule has 4 atom stereocenters. The Kier molecular flexibility index (Phi) is 1.65. The van der Waals surface area contributed by atoms with Crippen molar-refractivity contribution in [3.05, 3.63) is 23.8 Å². The number of rotatable bonds is 0. The molecule has 4 aliphatic rings. The molecule has 2 unspecified atom stereocenters. The number of ether oxygens (including phenoxy) is 1. The number of piperidine rings is 1. The van der Waals surface area contributed by atoms with E-state index < -0.39 is 0 Å². The van der Waals surface area contributed by atoms with Gasteiger partial charge in [0.05, 0.1) is 20.0 Å². The lowest BCUT2D eigenvalue weighted by Crippen LogP contribution is -2.59. The summed E-state index contributed by atoms with van der Waals surface area (Å²) in [5.41, 5.74) is 0.860. The van der Waals surface area contributed by atoms with Crippen LogP contribution in [0.15, 0.2) is 23.8 Å². The number of hydrogen-bond donors (Lipinski definition) is 0. The topological polar surface area (TPSA) is 26.3 Å². The van der Waals surface area contributed by atoms with Crippen molar-refractivity contribution in [3.63, 3.8) is 0 Å². The second-order valence-corrected chi connectivity index (χ2v) is 6.12. The summed E-state index contributed by atoms with van der Waals surface area (Å²) in [5, 5.41) is 0. The summed E-state index contributed by atoms with van der Waals surface area (Å²) in [6, 6.07) is 1.03. The predicted octanol–water partition coefficient (Wildman–Crippen LogP) is 1.55. The van der Waals surface area contributed by atoms with Crippen LogP contribution in [0.25, 0.3) is 0 Å². The fraction of sp³-hybridized carbons (Fsp3) is 0.643. The molecular formula is C14H18NO2+. The Hall–Kier alpha value is -1.09. The number of hydrogen-bond acceptors (Lipinski definition) is 2. The molecule has 0 N–H and O–H groups in total. The molecule has 0 aromatic carbocycles. The third-order valence-electron chi connectivity index (χ3n) is 5.43. The van der Waals surface area contributed by atoms with Crippen molar-refractivity contribution in [1.29, 1.82) is 0 Å². The van der Waals surface area contributed by atoms with E-state index in [1.807, 2.05) is 0 Å². The van der Waals surface area contributed by atoms with Gasteiger partial charge in [0.2, 0.25) is 0 Å². The first-order valence-corrected chi connectivity index (χ1v) is 6.63. The van der Waals surface area contributed by atoms with Gasteiger partial charge in [-0.05, 0) is 18.9 Å². The van der Waals surface area contributed by atoms with Gasteiger partial charge in [0.1, 0.15) is 12.1 Å². The molecule has 3 nitrogen and oxygen atoms in total. The summed E-state index contributed by atoms with van der Waals surface area (Å²) in [4.78, 5) is 11.6. The SMILES string of the molecule is C[N+]12CCCCC1[C@]13C[C@H]2C=CC1=CC(=O)O3. The van der Waals surface area contributed by atoms with Gasteiger partial charge in [0.15, 0.2) is 5.60 Å². The Balaban J connectivity index is 1.89. The van der Waals surface area contributed by atoms with Gasteiger partial charge in [-0.1, -0.05) is 6.08 Å². The molecule has 1 spiro atoms. The number of carbonyl (C=O) groups is 1. The average molecular weight is 232 g/mol. The second-order valence-electron chi connectivity index (χ2n) is 6.12. The van der Waals surface area contributed by atoms with E-state index in [-0.39, 0.29) is 11.6 Å². The lowest BCUT2D eigenvalue weighted by molar-refractivity contribution is -0.944. The number of quaternary nitrogens is 1. The summed E-state index contributed by atoms with van der Waals surface area (Å²) < 4.78 is 6.86. The first kappa shape index (κ1) is 9.89. The zero-order valence-electron chi connectivity index (χ0n) is 10.2. The molecular weight excluding hydrogens is 214 g/mol. The number of esters is 1. The molecule has 2 fully saturated rings. The number of fused-ring (bicyclic) bond motifs is 3. The van der Waals surface area contributed by atoms with Crippen LogP contribution in [0.4, 0.5) is 0 Å². The molecule has 3 heteroatoms. The highest BCUT2D eigenvalue weighted by Gasteiger charge is 2.67. The van der Waals surface area contributed by atoms with Gasteiger partial charge in [0.25, 0.3) is 0 Å². The Labute approximate surface area is 101 Å². The largest absolute Gasteiger partial charge is 0.444 e. The fourth-order valence-electron chi connectivity index (χ4n) is 4.61. The first-order chi connectivity index (χ1) is 8.15. The van der Waals surface area contributed by atoms with Crippen molar-refractivity contribution in [3.8, 4) is 0 Å².